The van der Waals surface area contributed by atoms with Gasteiger partial charge in [-0.1, -0.05) is 77.3 Å². The van der Waals surface area contributed by atoms with E-state index in [1.807, 2.05) is 0 Å². The van der Waals surface area contributed by atoms with E-state index in [4.69, 9.17) is 0 Å². The third kappa shape index (κ3) is 6.20. The molecule has 0 aliphatic heterocycles. The standard InChI is InChI=1S/C17H29N/c1-5-6-8-13-16(18-14-17(2,3)4)15-11-9-7-10-12-15/h7,9-12,16,18H,5-6,8,13-14H2,1-4H3. The molecule has 1 N–H and O–H groups in total. The highest BCUT2D eigenvalue weighted by Gasteiger charge is 2.15. The van der Waals surface area contributed by atoms with Crippen molar-refractivity contribution in [3.05, 3.63) is 35.9 Å². The van der Waals surface area contributed by atoms with Crippen molar-refractivity contribution in [2.45, 2.75) is 59.4 Å². The fourth-order valence-corrected chi connectivity index (χ4v) is 2.10. The van der Waals surface area contributed by atoms with Crippen LogP contribution in [0.4, 0.5) is 0 Å². The average Bonchev–Trinajstić information content (AvgIpc) is 2.33. The molecule has 1 unspecified atom stereocenters. The van der Waals surface area contributed by atoms with Gasteiger partial charge in [0.15, 0.2) is 0 Å². The Morgan fingerprint density at radius 3 is 2.28 bits per heavy atom. The van der Waals surface area contributed by atoms with Gasteiger partial charge in [-0.2, -0.15) is 0 Å². The molecule has 0 saturated heterocycles. The van der Waals surface area contributed by atoms with Gasteiger partial charge in [0.2, 0.25) is 0 Å². The zero-order chi connectivity index (χ0) is 13.4. The lowest BCUT2D eigenvalue weighted by Gasteiger charge is -2.25. The van der Waals surface area contributed by atoms with E-state index in [9.17, 15) is 0 Å². The van der Waals surface area contributed by atoms with Gasteiger partial charge in [-0.05, 0) is 17.4 Å². The smallest absolute Gasteiger partial charge is 0.0320 e. The van der Waals surface area contributed by atoms with E-state index in [-0.39, 0.29) is 0 Å². The summed E-state index contributed by atoms with van der Waals surface area (Å²) >= 11 is 0. The molecule has 1 heteroatoms. The van der Waals surface area contributed by atoms with Gasteiger partial charge in [0.1, 0.15) is 0 Å². The number of hydrogen-bond acceptors (Lipinski definition) is 1. The van der Waals surface area contributed by atoms with E-state index >= 15 is 0 Å². The van der Waals surface area contributed by atoms with Gasteiger partial charge in [-0.25, -0.2) is 0 Å². The Morgan fingerprint density at radius 2 is 1.72 bits per heavy atom. The Kier molecular flexibility index (Phi) is 6.42. The maximum atomic E-state index is 3.73. The molecular weight excluding hydrogens is 218 g/mol. The second-order valence-corrected chi connectivity index (χ2v) is 6.40. The summed E-state index contributed by atoms with van der Waals surface area (Å²) in [5, 5.41) is 3.73. The van der Waals surface area contributed by atoms with Gasteiger partial charge in [-0.3, -0.25) is 0 Å². The van der Waals surface area contributed by atoms with Gasteiger partial charge in [0.05, 0.1) is 0 Å². The van der Waals surface area contributed by atoms with Crippen molar-refractivity contribution in [2.75, 3.05) is 6.54 Å². The van der Waals surface area contributed by atoms with Crippen LogP contribution in [0.15, 0.2) is 30.3 Å². The van der Waals surface area contributed by atoms with Crippen LogP contribution in [0.25, 0.3) is 0 Å². The van der Waals surface area contributed by atoms with Gasteiger partial charge in [-0.15, -0.1) is 0 Å². The Balaban J connectivity index is 2.58. The SMILES string of the molecule is CCCCCC(NCC(C)(C)C)c1ccccc1. The minimum atomic E-state index is 0.345. The van der Waals surface area contributed by atoms with E-state index in [0.29, 0.717) is 11.5 Å². The quantitative estimate of drug-likeness (QED) is 0.673. The van der Waals surface area contributed by atoms with E-state index in [1.165, 1.54) is 31.2 Å². The molecule has 0 aliphatic carbocycles. The van der Waals surface area contributed by atoms with Crippen LogP contribution in [-0.2, 0) is 0 Å². The van der Waals surface area contributed by atoms with E-state index in [1.54, 1.807) is 0 Å². The van der Waals surface area contributed by atoms with Crippen molar-refractivity contribution in [2.24, 2.45) is 5.41 Å². The highest BCUT2D eigenvalue weighted by atomic mass is 14.9. The number of nitrogens with one attached hydrogen (secondary N) is 1. The molecule has 18 heavy (non-hydrogen) atoms. The molecule has 102 valence electrons. The highest BCUT2D eigenvalue weighted by molar-refractivity contribution is 5.18. The van der Waals surface area contributed by atoms with Crippen LogP contribution in [-0.4, -0.2) is 6.54 Å². The monoisotopic (exact) mass is 247 g/mol. The summed E-state index contributed by atoms with van der Waals surface area (Å²) in [5.74, 6) is 0. The van der Waals surface area contributed by atoms with Gasteiger partial charge < -0.3 is 5.32 Å². The first-order valence-electron chi connectivity index (χ1n) is 7.31. The van der Waals surface area contributed by atoms with E-state index < -0.39 is 0 Å². The fourth-order valence-electron chi connectivity index (χ4n) is 2.10. The zero-order valence-corrected chi connectivity index (χ0v) is 12.5. The Hall–Kier alpha value is -0.820. The first kappa shape index (κ1) is 15.2. The van der Waals surface area contributed by atoms with Crippen LogP contribution in [0.2, 0.25) is 0 Å². The molecule has 0 saturated carbocycles. The first-order chi connectivity index (χ1) is 8.53. The van der Waals surface area contributed by atoms with E-state index in [2.05, 4.69) is 63.3 Å². The molecule has 1 aromatic rings. The minimum absolute atomic E-state index is 0.345. The summed E-state index contributed by atoms with van der Waals surface area (Å²) in [4.78, 5) is 0. The number of rotatable bonds is 7. The first-order valence-corrected chi connectivity index (χ1v) is 7.31. The lowest BCUT2D eigenvalue weighted by Crippen LogP contribution is -2.30. The Morgan fingerprint density at radius 1 is 1.06 bits per heavy atom. The van der Waals surface area contributed by atoms with Crippen LogP contribution in [0, 0.1) is 5.41 Å². The molecule has 0 aliphatic rings. The topological polar surface area (TPSA) is 12.0 Å². The summed E-state index contributed by atoms with van der Waals surface area (Å²) < 4.78 is 0. The molecule has 1 aromatic carbocycles. The van der Waals surface area contributed by atoms with Crippen LogP contribution in [0.3, 0.4) is 0 Å². The van der Waals surface area contributed by atoms with Crippen LogP contribution < -0.4 is 5.32 Å². The molecule has 0 bridgehead atoms. The lowest BCUT2D eigenvalue weighted by molar-refractivity contribution is 0.341. The van der Waals surface area contributed by atoms with Crippen molar-refractivity contribution >= 4 is 0 Å². The third-order valence-corrected chi connectivity index (χ3v) is 3.18. The van der Waals surface area contributed by atoms with Crippen molar-refractivity contribution in [1.29, 1.82) is 0 Å². The molecule has 1 rings (SSSR count). The van der Waals surface area contributed by atoms with Gasteiger partial charge in [0.25, 0.3) is 0 Å². The lowest BCUT2D eigenvalue weighted by atomic mass is 9.94. The van der Waals surface area contributed by atoms with E-state index in [0.717, 1.165) is 6.54 Å². The summed E-state index contributed by atoms with van der Waals surface area (Å²) in [5.41, 5.74) is 1.77. The number of benzene rings is 1. The second kappa shape index (κ2) is 7.58. The largest absolute Gasteiger partial charge is 0.309 e. The molecule has 0 aromatic heterocycles. The summed E-state index contributed by atoms with van der Waals surface area (Å²) in [6.07, 6.45) is 5.18. The zero-order valence-electron chi connectivity index (χ0n) is 12.5. The summed E-state index contributed by atoms with van der Waals surface area (Å²) in [6.45, 7) is 10.2. The fraction of sp³-hybridized carbons (Fsp3) is 0.647. The minimum Gasteiger partial charge on any atom is -0.309 e. The van der Waals surface area contributed by atoms with Crippen molar-refractivity contribution < 1.29 is 0 Å². The Labute approximate surface area is 113 Å². The predicted octanol–water partition coefficient (Wildman–Crippen LogP) is 4.94. The molecule has 1 atom stereocenters. The summed E-state index contributed by atoms with van der Waals surface area (Å²) in [6, 6.07) is 11.4. The van der Waals surface area contributed by atoms with Crippen molar-refractivity contribution in [3.63, 3.8) is 0 Å². The van der Waals surface area contributed by atoms with Gasteiger partial charge >= 0.3 is 0 Å². The maximum absolute atomic E-state index is 3.73. The van der Waals surface area contributed by atoms with Crippen LogP contribution in [0.5, 0.6) is 0 Å². The molecule has 1 nitrogen and oxygen atoms in total. The highest BCUT2D eigenvalue weighted by Crippen LogP contribution is 2.21. The molecular formula is C17H29N. The molecule has 0 fully saturated rings. The molecule has 0 heterocycles. The predicted molar refractivity (Wildman–Crippen MR) is 80.8 cm³/mol. The average molecular weight is 247 g/mol. The number of unbranched alkanes of at least 4 members (excludes halogenated alkanes) is 2. The summed E-state index contributed by atoms with van der Waals surface area (Å²) in [7, 11) is 0. The second-order valence-electron chi connectivity index (χ2n) is 6.40. The molecule has 0 amide bonds. The van der Waals surface area contributed by atoms with Crippen molar-refractivity contribution in [3.8, 4) is 0 Å². The molecule has 0 radical (unpaired) electrons. The van der Waals surface area contributed by atoms with Gasteiger partial charge in [0, 0.05) is 12.6 Å². The van der Waals surface area contributed by atoms with Crippen molar-refractivity contribution in [1.82, 2.24) is 5.32 Å². The number of hydrogen-bond donors (Lipinski definition) is 1. The normalized spacial score (nSPS) is 13.6. The Bertz CT molecular complexity index is 310. The van der Waals surface area contributed by atoms with Crippen LogP contribution in [0.1, 0.15) is 65.0 Å². The maximum Gasteiger partial charge on any atom is 0.0320 e. The third-order valence-electron chi connectivity index (χ3n) is 3.18. The van der Waals surface area contributed by atoms with Crippen LogP contribution >= 0.6 is 0 Å². The molecule has 0 spiro atoms.